The summed E-state index contributed by atoms with van der Waals surface area (Å²) in [5, 5.41) is 2.71. The van der Waals surface area contributed by atoms with Crippen molar-refractivity contribution in [2.24, 2.45) is 5.41 Å². The molecule has 0 atom stereocenters. The van der Waals surface area contributed by atoms with Crippen molar-refractivity contribution in [3.63, 3.8) is 0 Å². The lowest BCUT2D eigenvalue weighted by atomic mass is 9.90. The molecule has 128 valence electrons. The fourth-order valence-electron chi connectivity index (χ4n) is 1.81. The highest BCUT2D eigenvalue weighted by Gasteiger charge is 2.22. The quantitative estimate of drug-likeness (QED) is 0.810. The van der Waals surface area contributed by atoms with Crippen molar-refractivity contribution in [2.75, 3.05) is 13.2 Å². The summed E-state index contributed by atoms with van der Waals surface area (Å²) in [6, 6.07) is 8.89. The Morgan fingerprint density at radius 1 is 1.04 bits per heavy atom. The largest absolute Gasteiger partial charge is 0.462 e. The van der Waals surface area contributed by atoms with Crippen LogP contribution in [0.2, 0.25) is 0 Å². The summed E-state index contributed by atoms with van der Waals surface area (Å²) < 4.78 is 10.5. The van der Waals surface area contributed by atoms with Crippen LogP contribution in [0.15, 0.2) is 30.3 Å². The van der Waals surface area contributed by atoms with E-state index in [1.807, 2.05) is 40.7 Å². The number of benzene rings is 1. The van der Waals surface area contributed by atoms with Gasteiger partial charge >= 0.3 is 12.1 Å². The maximum Gasteiger partial charge on any atom is 0.407 e. The molecule has 0 aliphatic heterocycles. The first-order chi connectivity index (χ1) is 10.6. The summed E-state index contributed by atoms with van der Waals surface area (Å²) in [7, 11) is 0. The molecule has 23 heavy (non-hydrogen) atoms. The monoisotopic (exact) mass is 321 g/mol. The third-order valence-corrected chi connectivity index (χ3v) is 3.07. The zero-order valence-corrected chi connectivity index (χ0v) is 14.6. The minimum absolute atomic E-state index is 0.237. The molecule has 0 fully saturated rings. The third-order valence-electron chi connectivity index (χ3n) is 3.07. The standard InChI is InChI=1S/C18H27NO4/c1-17(2,3)23-16(21)19-12-11-18(4,5)13-22-15(20)14-9-7-6-8-10-14/h6-10H,11-13H2,1-5H3,(H,19,21). The lowest BCUT2D eigenvalue weighted by Gasteiger charge is -2.25. The second-order valence-electron chi connectivity index (χ2n) is 7.29. The molecule has 5 nitrogen and oxygen atoms in total. The summed E-state index contributed by atoms with van der Waals surface area (Å²) >= 11 is 0. The Morgan fingerprint density at radius 2 is 1.65 bits per heavy atom. The van der Waals surface area contributed by atoms with Gasteiger partial charge in [-0.3, -0.25) is 0 Å². The van der Waals surface area contributed by atoms with E-state index in [1.54, 1.807) is 24.3 Å². The number of carbonyl (C=O) groups is 2. The van der Waals surface area contributed by atoms with E-state index in [9.17, 15) is 9.59 Å². The van der Waals surface area contributed by atoms with E-state index in [-0.39, 0.29) is 18.0 Å². The fraction of sp³-hybridized carbons (Fsp3) is 0.556. The molecule has 0 unspecified atom stereocenters. The third kappa shape index (κ3) is 8.24. The van der Waals surface area contributed by atoms with Gasteiger partial charge in [-0.15, -0.1) is 0 Å². The SMILES string of the molecule is CC(C)(CCNC(=O)OC(C)(C)C)COC(=O)c1ccccc1. The van der Waals surface area contributed by atoms with Gasteiger partial charge in [0.2, 0.25) is 0 Å². The highest BCUT2D eigenvalue weighted by Crippen LogP contribution is 2.20. The van der Waals surface area contributed by atoms with Crippen molar-refractivity contribution in [1.29, 1.82) is 0 Å². The van der Waals surface area contributed by atoms with Gasteiger partial charge in [-0.05, 0) is 39.3 Å². The molecule has 1 aromatic carbocycles. The van der Waals surface area contributed by atoms with Crippen LogP contribution in [0.25, 0.3) is 0 Å². The Kier molecular flexibility index (Phi) is 6.61. The van der Waals surface area contributed by atoms with Crippen LogP contribution < -0.4 is 5.32 Å². The van der Waals surface area contributed by atoms with Crippen molar-refractivity contribution >= 4 is 12.1 Å². The Hall–Kier alpha value is -2.04. The zero-order chi connectivity index (χ0) is 17.5. The van der Waals surface area contributed by atoms with Gasteiger partial charge in [0.1, 0.15) is 5.60 Å². The fourth-order valence-corrected chi connectivity index (χ4v) is 1.81. The number of hydrogen-bond acceptors (Lipinski definition) is 4. The molecule has 0 saturated carbocycles. The molecular weight excluding hydrogens is 294 g/mol. The van der Waals surface area contributed by atoms with Gasteiger partial charge in [-0.1, -0.05) is 32.0 Å². The molecular formula is C18H27NO4. The molecule has 5 heteroatoms. The van der Waals surface area contributed by atoms with Crippen molar-refractivity contribution in [3.8, 4) is 0 Å². The molecule has 0 aliphatic carbocycles. The Labute approximate surface area is 138 Å². The van der Waals surface area contributed by atoms with E-state index in [1.165, 1.54) is 0 Å². The second kappa shape index (κ2) is 7.99. The van der Waals surface area contributed by atoms with Crippen LogP contribution >= 0.6 is 0 Å². The highest BCUT2D eigenvalue weighted by atomic mass is 16.6. The van der Waals surface area contributed by atoms with Gasteiger partial charge < -0.3 is 14.8 Å². The van der Waals surface area contributed by atoms with Crippen LogP contribution in [0.1, 0.15) is 51.4 Å². The number of amides is 1. The van der Waals surface area contributed by atoms with Gasteiger partial charge in [-0.25, -0.2) is 9.59 Å². The highest BCUT2D eigenvalue weighted by molar-refractivity contribution is 5.89. The van der Waals surface area contributed by atoms with Gasteiger partial charge in [0.25, 0.3) is 0 Å². The van der Waals surface area contributed by atoms with Crippen molar-refractivity contribution in [3.05, 3.63) is 35.9 Å². The minimum atomic E-state index is -0.509. The van der Waals surface area contributed by atoms with Gasteiger partial charge in [0.15, 0.2) is 0 Å². The lowest BCUT2D eigenvalue weighted by molar-refractivity contribution is 0.0314. The molecule has 0 saturated heterocycles. The van der Waals surface area contributed by atoms with E-state index in [4.69, 9.17) is 9.47 Å². The van der Waals surface area contributed by atoms with Crippen LogP contribution in [0.4, 0.5) is 4.79 Å². The van der Waals surface area contributed by atoms with Crippen LogP contribution in [-0.4, -0.2) is 30.8 Å². The second-order valence-corrected chi connectivity index (χ2v) is 7.29. The first-order valence-electron chi connectivity index (χ1n) is 7.78. The van der Waals surface area contributed by atoms with E-state index in [0.717, 1.165) is 0 Å². The van der Waals surface area contributed by atoms with Gasteiger partial charge in [0.05, 0.1) is 12.2 Å². The smallest absolute Gasteiger partial charge is 0.407 e. The lowest BCUT2D eigenvalue weighted by Crippen LogP contribution is -2.35. The van der Waals surface area contributed by atoms with Crippen molar-refractivity contribution in [1.82, 2.24) is 5.32 Å². The minimum Gasteiger partial charge on any atom is -0.462 e. The molecule has 0 aliphatic rings. The molecule has 1 aromatic rings. The molecule has 1 N–H and O–H groups in total. The predicted molar refractivity (Wildman–Crippen MR) is 89.4 cm³/mol. The number of rotatable bonds is 6. The number of esters is 1. The van der Waals surface area contributed by atoms with Gasteiger partial charge in [-0.2, -0.15) is 0 Å². The number of alkyl carbamates (subject to hydrolysis) is 1. The first-order valence-corrected chi connectivity index (χ1v) is 7.78. The number of carbonyl (C=O) groups excluding carboxylic acids is 2. The van der Waals surface area contributed by atoms with Crippen LogP contribution in [0, 0.1) is 5.41 Å². The zero-order valence-electron chi connectivity index (χ0n) is 14.6. The van der Waals surface area contributed by atoms with E-state index < -0.39 is 11.7 Å². The van der Waals surface area contributed by atoms with E-state index in [2.05, 4.69) is 5.32 Å². The van der Waals surface area contributed by atoms with Crippen molar-refractivity contribution < 1.29 is 19.1 Å². The maximum atomic E-state index is 11.9. The molecule has 1 rings (SSSR count). The average Bonchev–Trinajstić information content (AvgIpc) is 2.43. The summed E-state index contributed by atoms with van der Waals surface area (Å²) in [6.45, 7) is 10.2. The van der Waals surface area contributed by atoms with Crippen molar-refractivity contribution in [2.45, 2.75) is 46.6 Å². The first kappa shape index (κ1) is 19.0. The average molecular weight is 321 g/mol. The normalized spacial score (nSPS) is 11.7. The summed E-state index contributed by atoms with van der Waals surface area (Å²) in [5.74, 6) is -0.334. The number of hydrogen-bond donors (Lipinski definition) is 1. The predicted octanol–water partition coefficient (Wildman–Crippen LogP) is 3.78. The van der Waals surface area contributed by atoms with Crippen LogP contribution in [-0.2, 0) is 9.47 Å². The van der Waals surface area contributed by atoms with Crippen LogP contribution in [0.5, 0.6) is 0 Å². The van der Waals surface area contributed by atoms with E-state index in [0.29, 0.717) is 18.5 Å². The molecule has 0 heterocycles. The summed E-state index contributed by atoms with van der Waals surface area (Å²) in [4.78, 5) is 23.5. The number of nitrogens with one attached hydrogen (secondary N) is 1. The maximum absolute atomic E-state index is 11.9. The number of ether oxygens (including phenoxy) is 2. The molecule has 0 bridgehead atoms. The Bertz CT molecular complexity index is 518. The topological polar surface area (TPSA) is 64.6 Å². The Morgan fingerprint density at radius 3 is 2.22 bits per heavy atom. The molecule has 0 spiro atoms. The molecule has 0 aromatic heterocycles. The van der Waals surface area contributed by atoms with Crippen LogP contribution in [0.3, 0.4) is 0 Å². The molecule has 0 radical (unpaired) electrons. The van der Waals surface area contributed by atoms with Gasteiger partial charge in [0, 0.05) is 12.0 Å². The molecule has 1 amide bonds. The Balaban J connectivity index is 2.33. The van der Waals surface area contributed by atoms with E-state index >= 15 is 0 Å². The summed E-state index contributed by atoms with van der Waals surface area (Å²) in [6.07, 6.45) is 0.239. The summed E-state index contributed by atoms with van der Waals surface area (Å²) in [5.41, 5.74) is -0.209.